The molecule has 0 aliphatic carbocycles. The normalized spacial score (nSPS) is 10.5. The minimum Gasteiger partial charge on any atom is -0.294 e. The molecule has 0 saturated heterocycles. The summed E-state index contributed by atoms with van der Waals surface area (Å²) in [6, 6.07) is 11.0. The van der Waals surface area contributed by atoms with Crippen LogP contribution in [0.5, 0.6) is 0 Å². The third-order valence-electron chi connectivity index (χ3n) is 3.19. The molecule has 0 fully saturated rings. The van der Waals surface area contributed by atoms with Crippen LogP contribution in [0.15, 0.2) is 36.4 Å². The molecule has 0 aliphatic heterocycles. The molecule has 3 heteroatoms. The molecule has 0 radical (unpaired) electrons. The van der Waals surface area contributed by atoms with Crippen molar-refractivity contribution in [3.8, 4) is 0 Å². The lowest BCUT2D eigenvalue weighted by Gasteiger charge is -2.08. The molecule has 0 aliphatic rings. The number of rotatable bonds is 3. The Labute approximate surface area is 123 Å². The number of hydrogen-bond donors (Lipinski definition) is 0. The van der Waals surface area contributed by atoms with Crippen LogP contribution in [-0.4, -0.2) is 5.78 Å². The largest absolute Gasteiger partial charge is 0.294 e. The predicted molar refractivity (Wildman–Crippen MR) is 80.4 cm³/mol. The Bertz CT molecular complexity index is 633. The Kier molecular flexibility index (Phi) is 4.28. The zero-order chi connectivity index (χ0) is 14.0. The molecule has 2 rings (SSSR count). The molecule has 0 heterocycles. The summed E-state index contributed by atoms with van der Waals surface area (Å²) in [6.45, 7) is 3.95. The van der Waals surface area contributed by atoms with Gasteiger partial charge in [0, 0.05) is 17.0 Å². The topological polar surface area (TPSA) is 17.1 Å². The number of Topliss-reactive ketones (excluding diaryl/α,β-unsaturated/α-hetero) is 1. The van der Waals surface area contributed by atoms with Crippen LogP contribution in [0.2, 0.25) is 10.0 Å². The van der Waals surface area contributed by atoms with E-state index in [-0.39, 0.29) is 12.2 Å². The molecule has 2 aromatic rings. The predicted octanol–water partition coefficient (Wildman–Crippen LogP) is 5.04. The zero-order valence-electron chi connectivity index (χ0n) is 10.8. The molecule has 0 amide bonds. The van der Waals surface area contributed by atoms with Crippen molar-refractivity contribution in [3.05, 3.63) is 68.7 Å². The number of carbonyl (C=O) groups excluding carboxylic acids is 1. The van der Waals surface area contributed by atoms with Crippen LogP contribution in [0.4, 0.5) is 0 Å². The van der Waals surface area contributed by atoms with Gasteiger partial charge in [0.2, 0.25) is 0 Å². The minimum atomic E-state index is -0.0128. The molecule has 1 nitrogen and oxygen atoms in total. The number of benzene rings is 2. The van der Waals surface area contributed by atoms with Crippen molar-refractivity contribution in [2.45, 2.75) is 20.3 Å². The van der Waals surface area contributed by atoms with Gasteiger partial charge < -0.3 is 0 Å². The fraction of sp³-hybridized carbons (Fsp3) is 0.188. The monoisotopic (exact) mass is 292 g/mol. The van der Waals surface area contributed by atoms with Gasteiger partial charge in [-0.05, 0) is 48.7 Å². The number of carbonyl (C=O) groups is 1. The Morgan fingerprint density at radius 3 is 2.32 bits per heavy atom. The molecule has 0 unspecified atom stereocenters. The van der Waals surface area contributed by atoms with Crippen LogP contribution in [-0.2, 0) is 6.42 Å². The van der Waals surface area contributed by atoms with Gasteiger partial charge in [-0.1, -0.05) is 41.4 Å². The summed E-state index contributed by atoms with van der Waals surface area (Å²) < 4.78 is 0. The summed E-state index contributed by atoms with van der Waals surface area (Å²) in [5.41, 5.74) is 3.53. The molecule has 0 aromatic heterocycles. The van der Waals surface area contributed by atoms with Gasteiger partial charge in [0.1, 0.15) is 0 Å². The number of aryl methyl sites for hydroxylation is 2. The Morgan fingerprint density at radius 2 is 1.63 bits per heavy atom. The van der Waals surface area contributed by atoms with E-state index in [1.165, 1.54) is 0 Å². The highest BCUT2D eigenvalue weighted by Crippen LogP contribution is 2.24. The molecular formula is C16H14Cl2O. The Morgan fingerprint density at radius 1 is 1.00 bits per heavy atom. The van der Waals surface area contributed by atoms with Crippen LogP contribution in [0, 0.1) is 13.8 Å². The van der Waals surface area contributed by atoms with E-state index in [4.69, 9.17) is 23.2 Å². The maximum absolute atomic E-state index is 12.3. The van der Waals surface area contributed by atoms with Crippen molar-refractivity contribution in [2.24, 2.45) is 0 Å². The Hall–Kier alpha value is -1.31. The van der Waals surface area contributed by atoms with Gasteiger partial charge in [0.05, 0.1) is 5.02 Å². The lowest BCUT2D eigenvalue weighted by molar-refractivity contribution is 0.0993. The quantitative estimate of drug-likeness (QED) is 0.725. The first-order chi connectivity index (χ1) is 8.99. The first kappa shape index (κ1) is 14.1. The van der Waals surface area contributed by atoms with Gasteiger partial charge in [0.15, 0.2) is 5.78 Å². The highest BCUT2D eigenvalue weighted by Gasteiger charge is 2.14. The maximum Gasteiger partial charge on any atom is 0.168 e. The second kappa shape index (κ2) is 5.77. The molecule has 19 heavy (non-hydrogen) atoms. The average Bonchev–Trinajstić information content (AvgIpc) is 2.36. The lowest BCUT2D eigenvalue weighted by atomic mass is 9.99. The van der Waals surface area contributed by atoms with E-state index in [1.54, 1.807) is 6.07 Å². The van der Waals surface area contributed by atoms with Crippen molar-refractivity contribution in [3.63, 3.8) is 0 Å². The first-order valence-corrected chi connectivity index (χ1v) is 6.78. The van der Waals surface area contributed by atoms with E-state index in [0.717, 1.165) is 16.7 Å². The van der Waals surface area contributed by atoms with Crippen LogP contribution in [0.25, 0.3) is 0 Å². The Balaban J connectivity index is 2.31. The first-order valence-electron chi connectivity index (χ1n) is 6.02. The average molecular weight is 293 g/mol. The lowest BCUT2D eigenvalue weighted by Crippen LogP contribution is -2.05. The molecular weight excluding hydrogens is 279 g/mol. The molecule has 0 spiro atoms. The van der Waals surface area contributed by atoms with E-state index in [0.29, 0.717) is 15.6 Å². The van der Waals surface area contributed by atoms with Gasteiger partial charge in [0.25, 0.3) is 0 Å². The third-order valence-corrected chi connectivity index (χ3v) is 3.87. The molecule has 2 aromatic carbocycles. The SMILES string of the molecule is Cc1cc(Cl)c(C(=O)Cc2ccccc2Cl)cc1C. The number of hydrogen-bond acceptors (Lipinski definition) is 1. The van der Waals surface area contributed by atoms with E-state index >= 15 is 0 Å². The highest BCUT2D eigenvalue weighted by atomic mass is 35.5. The number of halogens is 2. The zero-order valence-corrected chi connectivity index (χ0v) is 12.3. The third kappa shape index (κ3) is 3.17. The van der Waals surface area contributed by atoms with Crippen molar-refractivity contribution < 1.29 is 4.79 Å². The van der Waals surface area contributed by atoms with Crippen LogP contribution in [0.1, 0.15) is 27.0 Å². The van der Waals surface area contributed by atoms with Crippen LogP contribution < -0.4 is 0 Å². The summed E-state index contributed by atoms with van der Waals surface area (Å²) in [7, 11) is 0. The van der Waals surface area contributed by atoms with Gasteiger partial charge in [-0.2, -0.15) is 0 Å². The fourth-order valence-corrected chi connectivity index (χ4v) is 2.43. The van der Waals surface area contributed by atoms with Crippen molar-refractivity contribution in [2.75, 3.05) is 0 Å². The van der Waals surface area contributed by atoms with Gasteiger partial charge in [-0.25, -0.2) is 0 Å². The van der Waals surface area contributed by atoms with E-state index < -0.39 is 0 Å². The van der Waals surface area contributed by atoms with Crippen molar-refractivity contribution in [1.82, 2.24) is 0 Å². The minimum absolute atomic E-state index is 0.0128. The second-order valence-electron chi connectivity index (χ2n) is 4.61. The van der Waals surface area contributed by atoms with Gasteiger partial charge >= 0.3 is 0 Å². The van der Waals surface area contributed by atoms with E-state index in [9.17, 15) is 4.79 Å². The van der Waals surface area contributed by atoms with Crippen molar-refractivity contribution in [1.29, 1.82) is 0 Å². The maximum atomic E-state index is 12.3. The van der Waals surface area contributed by atoms with E-state index in [1.807, 2.05) is 44.2 Å². The molecule has 0 bridgehead atoms. The smallest absolute Gasteiger partial charge is 0.168 e. The van der Waals surface area contributed by atoms with Crippen LogP contribution >= 0.6 is 23.2 Å². The summed E-state index contributed by atoms with van der Waals surface area (Å²) in [5, 5.41) is 1.11. The molecule has 0 N–H and O–H groups in total. The highest BCUT2D eigenvalue weighted by molar-refractivity contribution is 6.34. The standard InChI is InChI=1S/C16H14Cl2O/c1-10-7-13(15(18)8-11(10)2)16(19)9-12-5-3-4-6-14(12)17/h3-8H,9H2,1-2H3. The molecule has 98 valence electrons. The van der Waals surface area contributed by atoms with Gasteiger partial charge in [-0.15, -0.1) is 0 Å². The van der Waals surface area contributed by atoms with E-state index in [2.05, 4.69) is 0 Å². The summed E-state index contributed by atoms with van der Waals surface area (Å²) >= 11 is 12.2. The van der Waals surface area contributed by atoms with Crippen molar-refractivity contribution >= 4 is 29.0 Å². The fourth-order valence-electron chi connectivity index (χ4n) is 1.90. The number of ketones is 1. The second-order valence-corrected chi connectivity index (χ2v) is 5.42. The molecule has 0 atom stereocenters. The summed E-state index contributed by atoms with van der Waals surface area (Å²) in [6.07, 6.45) is 0.266. The summed E-state index contributed by atoms with van der Waals surface area (Å²) in [4.78, 5) is 12.3. The summed E-state index contributed by atoms with van der Waals surface area (Å²) in [5.74, 6) is -0.0128. The molecule has 0 saturated carbocycles. The van der Waals surface area contributed by atoms with Crippen LogP contribution in [0.3, 0.4) is 0 Å². The van der Waals surface area contributed by atoms with Gasteiger partial charge in [-0.3, -0.25) is 4.79 Å².